The molecule has 1 aromatic heterocycles. The molecule has 4 rings (SSSR count). The maximum Gasteiger partial charge on any atom is 0.309 e. The molecule has 204 valence electrons. The number of likely N-dealkylation sites (tertiary alicyclic amines) is 1. The summed E-state index contributed by atoms with van der Waals surface area (Å²) in [5.74, 6) is -4.54. The molecule has 1 atom stereocenters. The van der Waals surface area contributed by atoms with Crippen molar-refractivity contribution in [3.8, 4) is 11.5 Å². The summed E-state index contributed by atoms with van der Waals surface area (Å²) in [5.41, 5.74) is -0.309. The first-order valence-electron chi connectivity index (χ1n) is 12.1. The van der Waals surface area contributed by atoms with E-state index in [2.05, 4.69) is 4.98 Å². The highest BCUT2D eigenvalue weighted by molar-refractivity contribution is 6.32. The van der Waals surface area contributed by atoms with E-state index in [1.807, 2.05) is 4.90 Å². The molecule has 38 heavy (non-hydrogen) atoms. The summed E-state index contributed by atoms with van der Waals surface area (Å²) in [6.45, 7) is 1.05. The van der Waals surface area contributed by atoms with Gasteiger partial charge in [-0.25, -0.2) is 13.2 Å². The highest BCUT2D eigenvalue weighted by Gasteiger charge is 2.42. The molecule has 0 radical (unpaired) electrons. The number of halogens is 5. The Morgan fingerprint density at radius 2 is 1.95 bits per heavy atom. The molecule has 1 aliphatic heterocycles. The van der Waals surface area contributed by atoms with Gasteiger partial charge in [0.15, 0.2) is 11.6 Å². The van der Waals surface area contributed by atoms with Gasteiger partial charge in [0.1, 0.15) is 24.3 Å². The number of aromatic nitrogens is 1. The molecular weight excluding hydrogens is 528 g/mol. The Hall–Kier alpha value is -3.11. The minimum atomic E-state index is -1.51. The molecule has 0 unspecified atom stereocenters. The van der Waals surface area contributed by atoms with Gasteiger partial charge in [-0.05, 0) is 57.0 Å². The van der Waals surface area contributed by atoms with Crippen molar-refractivity contribution in [2.24, 2.45) is 5.41 Å². The summed E-state index contributed by atoms with van der Waals surface area (Å²) in [6.07, 6.45) is 0.481. The molecule has 0 amide bonds. The maximum atomic E-state index is 15.6. The molecule has 0 bridgehead atoms. The predicted molar refractivity (Wildman–Crippen MR) is 134 cm³/mol. The van der Waals surface area contributed by atoms with Crippen molar-refractivity contribution in [3.63, 3.8) is 0 Å². The molecule has 2 heterocycles. The number of ether oxygens (including phenoxy) is 2. The Morgan fingerprint density at radius 3 is 2.63 bits per heavy atom. The van der Waals surface area contributed by atoms with E-state index in [1.165, 1.54) is 13.3 Å². The van der Waals surface area contributed by atoms with E-state index in [0.717, 1.165) is 6.07 Å². The van der Waals surface area contributed by atoms with Crippen molar-refractivity contribution in [1.29, 1.82) is 0 Å². The number of aliphatic carboxylic acids is 1. The quantitative estimate of drug-likeness (QED) is 0.233. The molecule has 1 saturated heterocycles. The average molecular weight is 555 g/mol. The van der Waals surface area contributed by atoms with Crippen LogP contribution in [0.2, 0.25) is 5.02 Å². The number of piperidine rings is 1. The van der Waals surface area contributed by atoms with Gasteiger partial charge in [-0.3, -0.25) is 14.7 Å². The Bertz CT molecular complexity index is 1320. The van der Waals surface area contributed by atoms with Gasteiger partial charge < -0.3 is 14.6 Å². The second-order valence-corrected chi connectivity index (χ2v) is 9.79. The number of pyridine rings is 1. The number of methoxy groups -OCH3 is 1. The number of nitrogens with zero attached hydrogens (tertiary/aromatic N) is 2. The lowest BCUT2D eigenvalue weighted by molar-refractivity contribution is -0.153. The summed E-state index contributed by atoms with van der Waals surface area (Å²) < 4.78 is 66.5. The molecular formula is C27H27ClF4N2O4. The maximum absolute atomic E-state index is 15.6. The van der Waals surface area contributed by atoms with Crippen LogP contribution in [0.4, 0.5) is 17.6 Å². The van der Waals surface area contributed by atoms with Gasteiger partial charge in [0, 0.05) is 35.8 Å². The van der Waals surface area contributed by atoms with Gasteiger partial charge >= 0.3 is 5.97 Å². The molecule has 0 spiro atoms. The molecule has 0 aliphatic carbocycles. The molecule has 3 aromatic rings. The average Bonchev–Trinajstić information content (AvgIpc) is 2.90. The second kappa shape index (κ2) is 11.7. The highest BCUT2D eigenvalue weighted by Crippen LogP contribution is 2.42. The van der Waals surface area contributed by atoms with Crippen LogP contribution in [0.25, 0.3) is 10.9 Å². The van der Waals surface area contributed by atoms with E-state index < -0.39 is 40.8 Å². The van der Waals surface area contributed by atoms with Gasteiger partial charge in [0.05, 0.1) is 23.1 Å². The summed E-state index contributed by atoms with van der Waals surface area (Å²) in [7, 11) is 1.50. The largest absolute Gasteiger partial charge is 0.497 e. The number of carboxylic acid groups (broad SMARTS) is 1. The van der Waals surface area contributed by atoms with Gasteiger partial charge in [0.25, 0.3) is 0 Å². The van der Waals surface area contributed by atoms with Crippen molar-refractivity contribution in [1.82, 2.24) is 9.88 Å². The minimum Gasteiger partial charge on any atom is -0.497 e. The Labute approximate surface area is 222 Å². The summed E-state index contributed by atoms with van der Waals surface area (Å²) in [4.78, 5) is 18.4. The lowest BCUT2D eigenvalue weighted by Gasteiger charge is -2.39. The zero-order valence-electron chi connectivity index (χ0n) is 20.7. The molecule has 0 saturated carbocycles. The molecule has 1 fully saturated rings. The van der Waals surface area contributed by atoms with Crippen LogP contribution >= 0.6 is 11.6 Å². The van der Waals surface area contributed by atoms with Crippen LogP contribution in [0, 0.1) is 22.9 Å². The van der Waals surface area contributed by atoms with Crippen molar-refractivity contribution in [2.45, 2.75) is 31.9 Å². The van der Waals surface area contributed by atoms with Crippen molar-refractivity contribution in [3.05, 3.63) is 64.6 Å². The lowest BCUT2D eigenvalue weighted by atomic mass is 9.74. The number of hydrogen-bond donors (Lipinski definition) is 1. The van der Waals surface area contributed by atoms with E-state index in [4.69, 9.17) is 21.1 Å². The van der Waals surface area contributed by atoms with Gasteiger partial charge in [-0.2, -0.15) is 4.39 Å². The summed E-state index contributed by atoms with van der Waals surface area (Å²) >= 11 is 6.31. The smallest absolute Gasteiger partial charge is 0.309 e. The van der Waals surface area contributed by atoms with Crippen LogP contribution < -0.4 is 9.47 Å². The van der Waals surface area contributed by atoms with Gasteiger partial charge in [-0.15, -0.1) is 0 Å². The zero-order chi connectivity index (χ0) is 27.4. The van der Waals surface area contributed by atoms with E-state index in [-0.39, 0.29) is 42.9 Å². The third-order valence-electron chi connectivity index (χ3n) is 7.15. The fourth-order valence-corrected chi connectivity index (χ4v) is 5.13. The van der Waals surface area contributed by atoms with Crippen LogP contribution in [0.1, 0.15) is 37.4 Å². The van der Waals surface area contributed by atoms with Crippen LogP contribution in [0.5, 0.6) is 11.5 Å². The minimum absolute atomic E-state index is 0.0382. The van der Waals surface area contributed by atoms with Gasteiger partial charge in [0.2, 0.25) is 5.82 Å². The van der Waals surface area contributed by atoms with Crippen molar-refractivity contribution < 1.29 is 36.9 Å². The second-order valence-electron chi connectivity index (χ2n) is 9.38. The van der Waals surface area contributed by atoms with Gasteiger partial charge in [-0.1, -0.05) is 11.6 Å². The topological polar surface area (TPSA) is 71.9 Å². The van der Waals surface area contributed by atoms with Crippen LogP contribution in [0.3, 0.4) is 0 Å². The van der Waals surface area contributed by atoms with E-state index >= 15 is 4.39 Å². The number of fused-ring (bicyclic) bond motifs is 1. The van der Waals surface area contributed by atoms with Crippen LogP contribution in [0.15, 0.2) is 36.5 Å². The van der Waals surface area contributed by atoms with Crippen molar-refractivity contribution in [2.75, 3.05) is 33.4 Å². The first kappa shape index (κ1) is 27.9. The first-order chi connectivity index (χ1) is 18.1. The summed E-state index contributed by atoms with van der Waals surface area (Å²) in [5, 5.41) is 10.7. The Kier molecular flexibility index (Phi) is 8.62. The molecule has 2 aromatic carbocycles. The summed E-state index contributed by atoms with van der Waals surface area (Å²) in [6, 6.07) is 6.28. The third kappa shape index (κ3) is 5.96. The third-order valence-corrected chi connectivity index (χ3v) is 7.45. The number of rotatable bonds is 10. The monoisotopic (exact) mass is 554 g/mol. The molecule has 11 heteroatoms. The standard InChI is InChI=1S/C27H27ClF4N2O4/c1-37-17-2-3-22-18(14-17)24(19(28)15-33-22)20(30)4-5-27(26(35)36)6-8-34(9-7-27)10-11-38-23-13-16(29)12-21(31)25(23)32/h2-3,12-15,20H,4-11H2,1H3,(H,35,36)/t20-/m1/s1. The lowest BCUT2D eigenvalue weighted by Crippen LogP contribution is -2.45. The Morgan fingerprint density at radius 1 is 1.21 bits per heavy atom. The molecule has 1 aliphatic rings. The number of hydrogen-bond acceptors (Lipinski definition) is 5. The number of alkyl halides is 1. The van der Waals surface area contributed by atoms with Crippen LogP contribution in [-0.4, -0.2) is 54.3 Å². The van der Waals surface area contributed by atoms with E-state index in [9.17, 15) is 23.1 Å². The number of carbonyl (C=O) groups is 1. The number of carboxylic acids is 1. The Balaban J connectivity index is 1.37. The highest BCUT2D eigenvalue weighted by atomic mass is 35.5. The van der Waals surface area contributed by atoms with Crippen LogP contribution in [-0.2, 0) is 4.79 Å². The predicted octanol–water partition coefficient (Wildman–Crippen LogP) is 6.35. The SMILES string of the molecule is COc1ccc2ncc(Cl)c([C@H](F)CCC3(C(=O)O)CCN(CCOc4cc(F)cc(F)c4F)CC3)c2c1. The first-order valence-corrected chi connectivity index (χ1v) is 12.5. The van der Waals surface area contributed by atoms with Crippen molar-refractivity contribution >= 4 is 28.5 Å². The fourth-order valence-electron chi connectivity index (χ4n) is 4.86. The molecule has 1 N–H and O–H groups in total. The molecule has 6 nitrogen and oxygen atoms in total. The zero-order valence-corrected chi connectivity index (χ0v) is 21.4. The normalized spacial score (nSPS) is 16.4. The van der Waals surface area contributed by atoms with E-state index in [1.54, 1.807) is 18.2 Å². The number of benzene rings is 2. The fraction of sp³-hybridized carbons (Fsp3) is 0.407. The van der Waals surface area contributed by atoms with E-state index in [0.29, 0.717) is 42.4 Å².